The van der Waals surface area contributed by atoms with Crippen LogP contribution in [0.4, 0.5) is 0 Å². The Bertz CT molecular complexity index is 1090. The van der Waals surface area contributed by atoms with Gasteiger partial charge in [0.25, 0.3) is 0 Å². The van der Waals surface area contributed by atoms with Crippen molar-refractivity contribution in [3.05, 3.63) is 58.4 Å². The first kappa shape index (κ1) is 13.6. The minimum atomic E-state index is -0.492. The highest BCUT2D eigenvalue weighted by Gasteiger charge is 2.15. The highest BCUT2D eigenvalue weighted by Crippen LogP contribution is 2.26. The smallest absolute Gasteiger partial charge is 0.349 e. The third-order valence-electron chi connectivity index (χ3n) is 3.72. The molecule has 0 saturated heterocycles. The molecule has 23 heavy (non-hydrogen) atoms. The van der Waals surface area contributed by atoms with E-state index >= 15 is 0 Å². The van der Waals surface area contributed by atoms with Crippen molar-refractivity contribution in [3.63, 3.8) is 0 Å². The number of fused-ring (bicyclic) bond motifs is 2. The molecular formula is C18H13NO4. The molecule has 4 aromatic rings. The van der Waals surface area contributed by atoms with Gasteiger partial charge >= 0.3 is 5.63 Å². The van der Waals surface area contributed by atoms with Gasteiger partial charge in [0.05, 0.1) is 7.11 Å². The second kappa shape index (κ2) is 4.98. The molecule has 0 atom stereocenters. The minimum absolute atomic E-state index is 0.261. The molecule has 2 aromatic heterocycles. The summed E-state index contributed by atoms with van der Waals surface area (Å²) in [4.78, 5) is 16.7. The summed E-state index contributed by atoms with van der Waals surface area (Å²) in [7, 11) is 1.56. The summed E-state index contributed by atoms with van der Waals surface area (Å²) in [6.07, 6.45) is 0. The molecule has 114 valence electrons. The lowest BCUT2D eigenvalue weighted by atomic mass is 10.2. The van der Waals surface area contributed by atoms with E-state index in [-0.39, 0.29) is 5.89 Å². The zero-order valence-electron chi connectivity index (χ0n) is 12.6. The lowest BCUT2D eigenvalue weighted by molar-refractivity contribution is 0.414. The SMILES string of the molecule is COc1ccc2cc(-c3nc4cc(C)ccc4o3)c(=O)oc2c1. The number of hydrogen-bond donors (Lipinski definition) is 0. The molecule has 4 rings (SSSR count). The fourth-order valence-electron chi connectivity index (χ4n) is 2.52. The van der Waals surface area contributed by atoms with Gasteiger partial charge in [0.2, 0.25) is 5.89 Å². The number of ether oxygens (including phenoxy) is 1. The highest BCUT2D eigenvalue weighted by atomic mass is 16.5. The van der Waals surface area contributed by atoms with E-state index in [2.05, 4.69) is 4.98 Å². The molecule has 0 spiro atoms. The van der Waals surface area contributed by atoms with E-state index in [9.17, 15) is 4.79 Å². The standard InChI is InChI=1S/C18H13NO4/c1-10-3-6-15-14(7-10)19-17(22-15)13-8-11-4-5-12(21-2)9-16(11)23-18(13)20/h3-9H,1-2H3. The molecule has 0 aliphatic carbocycles. The molecule has 2 aromatic carbocycles. The van der Waals surface area contributed by atoms with Crippen LogP contribution in [-0.2, 0) is 0 Å². The van der Waals surface area contributed by atoms with Gasteiger partial charge in [-0.3, -0.25) is 0 Å². The first-order valence-corrected chi connectivity index (χ1v) is 7.13. The van der Waals surface area contributed by atoms with Gasteiger partial charge in [-0.2, -0.15) is 0 Å². The molecular weight excluding hydrogens is 294 g/mol. The Kier molecular flexibility index (Phi) is 2.94. The number of hydrogen-bond acceptors (Lipinski definition) is 5. The van der Waals surface area contributed by atoms with Gasteiger partial charge in [-0.15, -0.1) is 0 Å². The predicted molar refractivity (Wildman–Crippen MR) is 86.8 cm³/mol. The van der Waals surface area contributed by atoms with Crippen molar-refractivity contribution in [2.24, 2.45) is 0 Å². The number of aryl methyl sites for hydroxylation is 1. The Morgan fingerprint density at radius 2 is 1.87 bits per heavy atom. The van der Waals surface area contributed by atoms with Crippen molar-refractivity contribution in [3.8, 4) is 17.2 Å². The number of aromatic nitrogens is 1. The summed E-state index contributed by atoms with van der Waals surface area (Å²) < 4.78 is 16.2. The molecule has 5 heteroatoms. The molecule has 0 bridgehead atoms. The van der Waals surface area contributed by atoms with Crippen LogP contribution < -0.4 is 10.4 Å². The maximum Gasteiger partial charge on any atom is 0.349 e. The van der Waals surface area contributed by atoms with Crippen LogP contribution in [0, 0.1) is 6.92 Å². The van der Waals surface area contributed by atoms with E-state index in [0.717, 1.165) is 10.9 Å². The Labute approximate surface area is 131 Å². The molecule has 2 heterocycles. The summed E-state index contributed by atoms with van der Waals surface area (Å²) in [5, 5.41) is 0.777. The molecule has 0 aliphatic heterocycles. The monoisotopic (exact) mass is 307 g/mol. The lowest BCUT2D eigenvalue weighted by Crippen LogP contribution is -2.02. The Hall–Kier alpha value is -3.08. The summed E-state index contributed by atoms with van der Waals surface area (Å²) in [5.41, 5.74) is 2.71. The Morgan fingerprint density at radius 3 is 2.70 bits per heavy atom. The quantitative estimate of drug-likeness (QED) is 0.525. The highest BCUT2D eigenvalue weighted by molar-refractivity contribution is 5.83. The van der Waals surface area contributed by atoms with Gasteiger partial charge in [-0.1, -0.05) is 6.07 Å². The number of nitrogens with zero attached hydrogens (tertiary/aromatic N) is 1. The van der Waals surface area contributed by atoms with E-state index in [1.807, 2.05) is 37.3 Å². The van der Waals surface area contributed by atoms with E-state index in [1.54, 1.807) is 19.2 Å². The summed E-state index contributed by atoms with van der Waals surface area (Å²) in [5.74, 6) is 0.891. The summed E-state index contributed by atoms with van der Waals surface area (Å²) in [6.45, 7) is 1.98. The van der Waals surface area contributed by atoms with Crippen molar-refractivity contribution < 1.29 is 13.6 Å². The molecule has 0 aliphatic rings. The second-order valence-corrected chi connectivity index (χ2v) is 5.34. The molecule has 0 radical (unpaired) electrons. The van der Waals surface area contributed by atoms with Gasteiger partial charge < -0.3 is 13.6 Å². The zero-order valence-corrected chi connectivity index (χ0v) is 12.6. The topological polar surface area (TPSA) is 65.5 Å². The van der Waals surface area contributed by atoms with E-state index < -0.39 is 5.63 Å². The molecule has 0 unspecified atom stereocenters. The van der Waals surface area contributed by atoms with Crippen LogP contribution >= 0.6 is 0 Å². The van der Waals surface area contributed by atoms with Gasteiger partial charge in [0, 0.05) is 11.5 Å². The van der Waals surface area contributed by atoms with Crippen molar-refractivity contribution in [2.45, 2.75) is 6.92 Å². The average molecular weight is 307 g/mol. The second-order valence-electron chi connectivity index (χ2n) is 5.34. The maximum absolute atomic E-state index is 12.3. The molecule has 0 N–H and O–H groups in total. The van der Waals surface area contributed by atoms with E-state index in [1.165, 1.54) is 0 Å². The fraction of sp³-hybridized carbons (Fsp3) is 0.111. The number of oxazole rings is 1. The fourth-order valence-corrected chi connectivity index (χ4v) is 2.52. The largest absolute Gasteiger partial charge is 0.497 e. The summed E-state index contributed by atoms with van der Waals surface area (Å²) >= 11 is 0. The average Bonchev–Trinajstić information content (AvgIpc) is 2.96. The first-order valence-electron chi connectivity index (χ1n) is 7.13. The van der Waals surface area contributed by atoms with Gasteiger partial charge in [0.15, 0.2) is 5.58 Å². The number of rotatable bonds is 2. The summed E-state index contributed by atoms with van der Waals surface area (Å²) in [6, 6.07) is 12.7. The van der Waals surface area contributed by atoms with Crippen LogP contribution in [0.5, 0.6) is 5.75 Å². The van der Waals surface area contributed by atoms with Crippen molar-refractivity contribution in [1.29, 1.82) is 0 Å². The molecule has 0 saturated carbocycles. The van der Waals surface area contributed by atoms with Crippen LogP contribution in [0.15, 0.2) is 56.1 Å². The lowest BCUT2D eigenvalue weighted by Gasteiger charge is -2.02. The predicted octanol–water partition coefficient (Wildman–Crippen LogP) is 3.92. The van der Waals surface area contributed by atoms with Gasteiger partial charge in [0.1, 0.15) is 22.4 Å². The molecule has 0 amide bonds. The van der Waals surface area contributed by atoms with Crippen LogP contribution in [0.1, 0.15) is 5.56 Å². The Morgan fingerprint density at radius 1 is 1.00 bits per heavy atom. The van der Waals surface area contributed by atoms with Crippen LogP contribution in [0.25, 0.3) is 33.5 Å². The molecule has 5 nitrogen and oxygen atoms in total. The van der Waals surface area contributed by atoms with Crippen molar-refractivity contribution in [1.82, 2.24) is 4.98 Å². The van der Waals surface area contributed by atoms with Gasteiger partial charge in [-0.25, -0.2) is 9.78 Å². The van der Waals surface area contributed by atoms with Gasteiger partial charge in [-0.05, 0) is 42.8 Å². The zero-order chi connectivity index (χ0) is 16.0. The number of methoxy groups -OCH3 is 1. The molecule has 0 fully saturated rings. The van der Waals surface area contributed by atoms with E-state index in [4.69, 9.17) is 13.6 Å². The maximum atomic E-state index is 12.3. The third-order valence-corrected chi connectivity index (χ3v) is 3.72. The van der Waals surface area contributed by atoms with Crippen molar-refractivity contribution >= 4 is 22.1 Å². The number of benzene rings is 2. The van der Waals surface area contributed by atoms with Crippen LogP contribution in [0.2, 0.25) is 0 Å². The van der Waals surface area contributed by atoms with Crippen LogP contribution in [0.3, 0.4) is 0 Å². The first-order chi connectivity index (χ1) is 11.1. The van der Waals surface area contributed by atoms with Crippen LogP contribution in [-0.4, -0.2) is 12.1 Å². The minimum Gasteiger partial charge on any atom is -0.497 e. The van der Waals surface area contributed by atoms with Crippen molar-refractivity contribution in [2.75, 3.05) is 7.11 Å². The van der Waals surface area contributed by atoms with E-state index in [0.29, 0.717) is 28.0 Å². The third kappa shape index (κ3) is 2.26. The Balaban J connectivity index is 1.92. The normalized spacial score (nSPS) is 11.2.